The van der Waals surface area contributed by atoms with Crippen molar-refractivity contribution in [1.82, 2.24) is 14.8 Å². The Morgan fingerprint density at radius 3 is 2.71 bits per heavy atom. The summed E-state index contributed by atoms with van der Waals surface area (Å²) < 4.78 is 11.6. The minimum Gasteiger partial charge on any atom is -0.381 e. The molecule has 0 radical (unpaired) electrons. The van der Waals surface area contributed by atoms with Crippen LogP contribution in [0.2, 0.25) is 0 Å². The van der Waals surface area contributed by atoms with Crippen LogP contribution in [0.15, 0.2) is 24.5 Å². The van der Waals surface area contributed by atoms with E-state index in [0.29, 0.717) is 5.41 Å². The van der Waals surface area contributed by atoms with Gasteiger partial charge in [-0.15, -0.1) is 0 Å². The lowest BCUT2D eigenvalue weighted by atomic mass is 9.87. The molecule has 132 valence electrons. The third-order valence-corrected chi connectivity index (χ3v) is 5.85. The van der Waals surface area contributed by atoms with Crippen LogP contribution in [0.3, 0.4) is 0 Å². The summed E-state index contributed by atoms with van der Waals surface area (Å²) in [5, 5.41) is 0. The fourth-order valence-corrected chi connectivity index (χ4v) is 4.54. The van der Waals surface area contributed by atoms with E-state index >= 15 is 0 Å². The molecule has 1 spiro atoms. The Labute approximate surface area is 144 Å². The highest BCUT2D eigenvalue weighted by atomic mass is 16.5. The smallest absolute Gasteiger partial charge is 0.0593 e. The van der Waals surface area contributed by atoms with Crippen molar-refractivity contribution >= 4 is 0 Å². The second-order valence-corrected chi connectivity index (χ2v) is 7.68. The third kappa shape index (κ3) is 3.80. The highest BCUT2D eigenvalue weighted by Gasteiger charge is 2.43. The Balaban J connectivity index is 1.40. The van der Waals surface area contributed by atoms with Crippen molar-refractivity contribution in [1.29, 1.82) is 0 Å². The van der Waals surface area contributed by atoms with Crippen LogP contribution in [0.4, 0.5) is 0 Å². The molecule has 1 aromatic rings. The Morgan fingerprint density at radius 1 is 1.04 bits per heavy atom. The Hall–Kier alpha value is -1.01. The standard InChI is InChI=1S/C19H29N3O2/c1-6-20-7-2-17(1)13-21-9-12-24-16-19(14-21)5-8-22(15-19)18-3-10-23-11-4-18/h1-2,6-7,18H,3-5,8-16H2/t19-/m1/s1. The van der Waals surface area contributed by atoms with Crippen LogP contribution in [0.5, 0.6) is 0 Å². The third-order valence-electron chi connectivity index (χ3n) is 5.85. The molecule has 5 heteroatoms. The zero-order valence-electron chi connectivity index (χ0n) is 14.5. The van der Waals surface area contributed by atoms with E-state index < -0.39 is 0 Å². The van der Waals surface area contributed by atoms with Crippen LogP contribution < -0.4 is 0 Å². The summed E-state index contributed by atoms with van der Waals surface area (Å²) >= 11 is 0. The van der Waals surface area contributed by atoms with Gasteiger partial charge < -0.3 is 9.47 Å². The van der Waals surface area contributed by atoms with Gasteiger partial charge in [-0.25, -0.2) is 0 Å². The molecule has 5 nitrogen and oxygen atoms in total. The predicted octanol–water partition coefficient (Wildman–Crippen LogP) is 1.78. The second kappa shape index (κ2) is 7.48. The molecule has 4 heterocycles. The molecular weight excluding hydrogens is 302 g/mol. The molecule has 0 saturated carbocycles. The highest BCUT2D eigenvalue weighted by molar-refractivity contribution is 5.10. The lowest BCUT2D eigenvalue weighted by Crippen LogP contribution is -2.43. The first kappa shape index (κ1) is 16.5. The first-order valence-electron chi connectivity index (χ1n) is 9.34. The van der Waals surface area contributed by atoms with Gasteiger partial charge in [0.25, 0.3) is 0 Å². The van der Waals surface area contributed by atoms with Crippen LogP contribution in [-0.2, 0) is 16.0 Å². The van der Waals surface area contributed by atoms with E-state index in [0.717, 1.165) is 52.1 Å². The van der Waals surface area contributed by atoms with Gasteiger partial charge in [-0.3, -0.25) is 14.8 Å². The van der Waals surface area contributed by atoms with Gasteiger partial charge in [-0.05, 0) is 43.5 Å². The minimum absolute atomic E-state index is 0.307. The fraction of sp³-hybridized carbons (Fsp3) is 0.737. The van der Waals surface area contributed by atoms with Gasteiger partial charge in [-0.2, -0.15) is 0 Å². The van der Waals surface area contributed by atoms with Crippen LogP contribution in [0, 0.1) is 5.41 Å². The van der Waals surface area contributed by atoms with E-state index in [1.54, 1.807) is 0 Å². The maximum absolute atomic E-state index is 6.03. The van der Waals surface area contributed by atoms with Gasteiger partial charge in [0.2, 0.25) is 0 Å². The Bertz CT molecular complexity index is 521. The van der Waals surface area contributed by atoms with Gasteiger partial charge in [-0.1, -0.05) is 0 Å². The topological polar surface area (TPSA) is 37.8 Å². The van der Waals surface area contributed by atoms with Crippen LogP contribution in [0.25, 0.3) is 0 Å². The number of hydrogen-bond donors (Lipinski definition) is 0. The number of nitrogens with zero attached hydrogens (tertiary/aromatic N) is 3. The normalized spacial score (nSPS) is 30.7. The number of ether oxygens (including phenoxy) is 2. The van der Waals surface area contributed by atoms with Crippen molar-refractivity contribution in [3.8, 4) is 0 Å². The molecular formula is C19H29N3O2. The van der Waals surface area contributed by atoms with E-state index in [1.165, 1.54) is 37.9 Å². The first-order chi connectivity index (χ1) is 11.8. The number of rotatable bonds is 3. The fourth-order valence-electron chi connectivity index (χ4n) is 4.54. The zero-order chi connectivity index (χ0) is 16.2. The summed E-state index contributed by atoms with van der Waals surface area (Å²) in [4.78, 5) is 9.42. The van der Waals surface area contributed by atoms with E-state index in [4.69, 9.17) is 9.47 Å². The van der Waals surface area contributed by atoms with E-state index in [2.05, 4.69) is 26.9 Å². The molecule has 1 atom stereocenters. The zero-order valence-corrected chi connectivity index (χ0v) is 14.5. The second-order valence-electron chi connectivity index (χ2n) is 7.68. The van der Waals surface area contributed by atoms with Crippen molar-refractivity contribution in [2.45, 2.75) is 31.8 Å². The van der Waals surface area contributed by atoms with E-state index in [1.807, 2.05) is 12.4 Å². The maximum Gasteiger partial charge on any atom is 0.0593 e. The number of likely N-dealkylation sites (tertiary alicyclic amines) is 1. The molecule has 0 amide bonds. The van der Waals surface area contributed by atoms with E-state index in [-0.39, 0.29) is 0 Å². The van der Waals surface area contributed by atoms with Crippen LogP contribution in [0.1, 0.15) is 24.8 Å². The molecule has 0 N–H and O–H groups in total. The summed E-state index contributed by atoms with van der Waals surface area (Å²) in [6.45, 7) is 9.21. The van der Waals surface area contributed by atoms with Gasteiger partial charge in [0.15, 0.2) is 0 Å². The molecule has 3 fully saturated rings. The minimum atomic E-state index is 0.307. The molecule has 1 aromatic heterocycles. The number of aromatic nitrogens is 1. The highest BCUT2D eigenvalue weighted by Crippen LogP contribution is 2.36. The largest absolute Gasteiger partial charge is 0.381 e. The van der Waals surface area contributed by atoms with Crippen LogP contribution in [-0.4, -0.2) is 73.4 Å². The maximum atomic E-state index is 6.03. The number of hydrogen-bond acceptors (Lipinski definition) is 5. The first-order valence-corrected chi connectivity index (χ1v) is 9.34. The van der Waals surface area contributed by atoms with Crippen molar-refractivity contribution in [3.63, 3.8) is 0 Å². The average molecular weight is 331 g/mol. The molecule has 24 heavy (non-hydrogen) atoms. The lowest BCUT2D eigenvalue weighted by Gasteiger charge is -2.35. The van der Waals surface area contributed by atoms with Crippen molar-refractivity contribution < 1.29 is 9.47 Å². The summed E-state index contributed by atoms with van der Waals surface area (Å²) in [5.41, 5.74) is 1.66. The molecule has 0 bridgehead atoms. The molecule has 3 saturated heterocycles. The Morgan fingerprint density at radius 2 is 1.88 bits per heavy atom. The monoisotopic (exact) mass is 331 g/mol. The number of pyridine rings is 1. The SMILES string of the molecule is c1cc(CN2CCOC[C@]3(CCN(C4CCOCC4)C3)C2)ccn1. The van der Waals surface area contributed by atoms with Gasteiger partial charge in [0.05, 0.1) is 13.2 Å². The van der Waals surface area contributed by atoms with Gasteiger partial charge in [0, 0.05) is 63.2 Å². The van der Waals surface area contributed by atoms with Crippen molar-refractivity contribution in [2.75, 3.05) is 52.6 Å². The molecule has 0 aliphatic carbocycles. The summed E-state index contributed by atoms with van der Waals surface area (Å²) in [7, 11) is 0. The summed E-state index contributed by atoms with van der Waals surface area (Å²) in [5.74, 6) is 0. The summed E-state index contributed by atoms with van der Waals surface area (Å²) in [6.07, 6.45) is 7.43. The molecule has 0 unspecified atom stereocenters. The average Bonchev–Trinajstić information content (AvgIpc) is 2.94. The predicted molar refractivity (Wildman–Crippen MR) is 92.8 cm³/mol. The van der Waals surface area contributed by atoms with Crippen LogP contribution >= 0.6 is 0 Å². The van der Waals surface area contributed by atoms with E-state index in [9.17, 15) is 0 Å². The van der Waals surface area contributed by atoms with Crippen molar-refractivity contribution in [2.24, 2.45) is 5.41 Å². The molecule has 0 aromatic carbocycles. The van der Waals surface area contributed by atoms with Gasteiger partial charge >= 0.3 is 0 Å². The molecule has 4 rings (SSSR count). The summed E-state index contributed by atoms with van der Waals surface area (Å²) in [6, 6.07) is 4.97. The quantitative estimate of drug-likeness (QED) is 0.844. The van der Waals surface area contributed by atoms with Crippen molar-refractivity contribution in [3.05, 3.63) is 30.1 Å². The lowest BCUT2D eigenvalue weighted by molar-refractivity contribution is 0.0284. The molecule has 3 aliphatic rings. The van der Waals surface area contributed by atoms with Gasteiger partial charge in [0.1, 0.15) is 0 Å². The Kier molecular flexibility index (Phi) is 5.13. The molecule has 3 aliphatic heterocycles.